The van der Waals surface area contributed by atoms with Crippen molar-refractivity contribution in [3.8, 4) is 17.2 Å². The predicted molar refractivity (Wildman–Crippen MR) is 116 cm³/mol. The van der Waals surface area contributed by atoms with Gasteiger partial charge in [-0.15, -0.1) is 0 Å². The highest BCUT2D eigenvalue weighted by atomic mass is 16.5. The molecule has 1 amide bonds. The summed E-state index contributed by atoms with van der Waals surface area (Å²) in [6.45, 7) is 0.829. The molecule has 2 aliphatic rings. The SMILES string of the molecule is COc1ccc(C(O)=C2C(=O)C(=O)N(C[C@H]3CCCO3)[C@@H]2c2ccc(O)c(OC)c2)cc1. The molecule has 0 aromatic heterocycles. The smallest absolute Gasteiger partial charge is 0.295 e. The van der Waals surface area contributed by atoms with Crippen LogP contribution < -0.4 is 9.47 Å². The average molecular weight is 439 g/mol. The van der Waals surface area contributed by atoms with E-state index in [9.17, 15) is 19.8 Å². The number of ketones is 1. The van der Waals surface area contributed by atoms with Gasteiger partial charge in [-0.1, -0.05) is 6.07 Å². The van der Waals surface area contributed by atoms with Crippen LogP contribution in [0.25, 0.3) is 5.76 Å². The minimum absolute atomic E-state index is 0.0223. The largest absolute Gasteiger partial charge is 0.507 e. The van der Waals surface area contributed by atoms with Gasteiger partial charge in [0.05, 0.1) is 31.9 Å². The number of methoxy groups -OCH3 is 2. The number of aliphatic hydroxyl groups excluding tert-OH is 1. The van der Waals surface area contributed by atoms with Crippen LogP contribution in [0.2, 0.25) is 0 Å². The number of aromatic hydroxyl groups is 1. The van der Waals surface area contributed by atoms with Gasteiger partial charge in [-0.05, 0) is 54.8 Å². The fourth-order valence-corrected chi connectivity index (χ4v) is 4.19. The molecule has 2 fully saturated rings. The number of benzene rings is 2. The molecule has 32 heavy (non-hydrogen) atoms. The average Bonchev–Trinajstić information content (AvgIpc) is 3.41. The van der Waals surface area contributed by atoms with Crippen molar-refractivity contribution in [1.82, 2.24) is 4.90 Å². The van der Waals surface area contributed by atoms with Crippen LogP contribution in [0, 0.1) is 0 Å². The molecule has 4 rings (SSSR count). The van der Waals surface area contributed by atoms with Crippen molar-refractivity contribution in [2.45, 2.75) is 25.0 Å². The van der Waals surface area contributed by atoms with Crippen molar-refractivity contribution in [1.29, 1.82) is 0 Å². The Morgan fingerprint density at radius 3 is 2.50 bits per heavy atom. The van der Waals surface area contributed by atoms with Gasteiger partial charge in [-0.25, -0.2) is 0 Å². The lowest BCUT2D eigenvalue weighted by molar-refractivity contribution is -0.140. The van der Waals surface area contributed by atoms with Crippen molar-refractivity contribution in [2.24, 2.45) is 0 Å². The van der Waals surface area contributed by atoms with E-state index in [0.717, 1.165) is 12.8 Å². The van der Waals surface area contributed by atoms with Gasteiger partial charge in [0, 0.05) is 18.7 Å². The first-order chi connectivity index (χ1) is 15.4. The topological polar surface area (TPSA) is 106 Å². The van der Waals surface area contributed by atoms with E-state index >= 15 is 0 Å². The fourth-order valence-electron chi connectivity index (χ4n) is 4.19. The van der Waals surface area contributed by atoms with E-state index in [-0.39, 0.29) is 35.5 Å². The Hall–Kier alpha value is -3.52. The van der Waals surface area contributed by atoms with E-state index in [4.69, 9.17) is 14.2 Å². The molecule has 2 aromatic carbocycles. The Morgan fingerprint density at radius 1 is 1.12 bits per heavy atom. The summed E-state index contributed by atoms with van der Waals surface area (Å²) in [5.41, 5.74) is 0.898. The molecule has 2 aromatic rings. The third-order valence-corrected chi connectivity index (χ3v) is 5.85. The molecule has 168 valence electrons. The number of amides is 1. The highest BCUT2D eigenvalue weighted by Gasteiger charge is 2.47. The van der Waals surface area contributed by atoms with Crippen LogP contribution in [0.1, 0.15) is 30.0 Å². The molecule has 2 saturated heterocycles. The number of phenolic OH excluding ortho intramolecular Hbond substituents is 1. The summed E-state index contributed by atoms with van der Waals surface area (Å²) in [6, 6.07) is 10.3. The van der Waals surface area contributed by atoms with Crippen LogP contribution in [0.5, 0.6) is 17.2 Å². The predicted octanol–water partition coefficient (Wildman–Crippen LogP) is 3.01. The third kappa shape index (κ3) is 3.89. The van der Waals surface area contributed by atoms with E-state index in [2.05, 4.69) is 0 Å². The first-order valence-corrected chi connectivity index (χ1v) is 10.4. The highest BCUT2D eigenvalue weighted by molar-refractivity contribution is 6.46. The minimum Gasteiger partial charge on any atom is -0.507 e. The molecule has 2 N–H and O–H groups in total. The Bertz CT molecular complexity index is 1050. The standard InChI is InChI=1S/C24H25NO7/c1-30-16-8-5-14(6-9-16)22(27)20-21(15-7-10-18(26)19(12-15)31-2)25(24(29)23(20)28)13-17-4-3-11-32-17/h5-10,12,17,21,26-27H,3-4,11,13H2,1-2H3/t17-,21-/m1/s1. The fraction of sp³-hybridized carbons (Fsp3) is 0.333. The molecule has 0 radical (unpaired) electrons. The van der Waals surface area contributed by atoms with Crippen molar-refractivity contribution < 1.29 is 34.0 Å². The molecular weight excluding hydrogens is 414 g/mol. The number of carbonyl (C=O) groups excluding carboxylic acids is 2. The quantitative estimate of drug-likeness (QED) is 0.405. The van der Waals surface area contributed by atoms with Crippen LogP contribution in [-0.2, 0) is 14.3 Å². The first kappa shape index (κ1) is 21.7. The lowest BCUT2D eigenvalue weighted by Crippen LogP contribution is -2.36. The van der Waals surface area contributed by atoms with Crippen molar-refractivity contribution in [3.63, 3.8) is 0 Å². The molecule has 2 aliphatic heterocycles. The Balaban J connectivity index is 1.83. The molecule has 8 heteroatoms. The third-order valence-electron chi connectivity index (χ3n) is 5.85. The molecule has 2 atom stereocenters. The van der Waals surface area contributed by atoms with Crippen molar-refractivity contribution in [2.75, 3.05) is 27.4 Å². The van der Waals surface area contributed by atoms with E-state index in [1.807, 2.05) is 0 Å². The minimum atomic E-state index is -0.851. The maximum atomic E-state index is 13.1. The number of rotatable bonds is 6. The lowest BCUT2D eigenvalue weighted by Gasteiger charge is -2.27. The number of nitrogens with zero attached hydrogens (tertiary/aromatic N) is 1. The summed E-state index contributed by atoms with van der Waals surface area (Å²) in [6.07, 6.45) is 1.49. The Labute approximate surface area is 185 Å². The van der Waals surface area contributed by atoms with E-state index in [1.165, 1.54) is 25.2 Å². The Kier molecular flexibility index (Phi) is 6.05. The molecule has 2 heterocycles. The number of aliphatic hydroxyl groups is 1. The number of carbonyl (C=O) groups is 2. The van der Waals surface area contributed by atoms with Crippen LogP contribution in [0.3, 0.4) is 0 Å². The first-order valence-electron chi connectivity index (χ1n) is 10.4. The van der Waals surface area contributed by atoms with Crippen LogP contribution in [-0.4, -0.2) is 60.3 Å². The number of hydrogen-bond donors (Lipinski definition) is 2. The van der Waals surface area contributed by atoms with Crippen molar-refractivity contribution in [3.05, 3.63) is 59.2 Å². The second-order valence-corrected chi connectivity index (χ2v) is 7.75. The summed E-state index contributed by atoms with van der Waals surface area (Å²) in [5, 5.41) is 21.1. The zero-order valence-electron chi connectivity index (χ0n) is 17.9. The van der Waals surface area contributed by atoms with Gasteiger partial charge in [0.25, 0.3) is 11.7 Å². The second-order valence-electron chi connectivity index (χ2n) is 7.75. The van der Waals surface area contributed by atoms with Gasteiger partial charge in [-0.2, -0.15) is 0 Å². The van der Waals surface area contributed by atoms with Gasteiger partial charge in [0.15, 0.2) is 11.5 Å². The van der Waals surface area contributed by atoms with Gasteiger partial charge in [0.2, 0.25) is 0 Å². The molecule has 0 unspecified atom stereocenters. The number of phenols is 1. The summed E-state index contributed by atoms with van der Waals surface area (Å²) >= 11 is 0. The van der Waals surface area contributed by atoms with E-state index in [0.29, 0.717) is 23.5 Å². The zero-order chi connectivity index (χ0) is 22.8. The Morgan fingerprint density at radius 2 is 1.88 bits per heavy atom. The second kappa shape index (κ2) is 8.92. The van der Waals surface area contributed by atoms with Crippen LogP contribution in [0.4, 0.5) is 0 Å². The molecule has 0 spiro atoms. The molecule has 0 bridgehead atoms. The van der Waals surface area contributed by atoms with E-state index in [1.54, 1.807) is 36.4 Å². The van der Waals surface area contributed by atoms with Crippen LogP contribution >= 0.6 is 0 Å². The summed E-state index contributed by atoms with van der Waals surface area (Å²) in [4.78, 5) is 27.5. The monoisotopic (exact) mass is 439 g/mol. The number of likely N-dealkylation sites (tertiary alicyclic amines) is 1. The van der Waals surface area contributed by atoms with E-state index < -0.39 is 17.7 Å². The maximum Gasteiger partial charge on any atom is 0.295 e. The van der Waals surface area contributed by atoms with Gasteiger partial charge < -0.3 is 29.3 Å². The molecule has 8 nitrogen and oxygen atoms in total. The number of hydrogen-bond acceptors (Lipinski definition) is 7. The highest BCUT2D eigenvalue weighted by Crippen LogP contribution is 2.42. The summed E-state index contributed by atoms with van der Waals surface area (Å²) in [5.74, 6) is -1.02. The number of ether oxygens (including phenoxy) is 3. The molecule has 0 aliphatic carbocycles. The van der Waals surface area contributed by atoms with Crippen molar-refractivity contribution >= 4 is 17.4 Å². The van der Waals surface area contributed by atoms with Gasteiger partial charge in [-0.3, -0.25) is 9.59 Å². The molecule has 0 saturated carbocycles. The zero-order valence-corrected chi connectivity index (χ0v) is 17.9. The summed E-state index contributed by atoms with van der Waals surface area (Å²) < 4.78 is 16.1. The molecular formula is C24H25NO7. The van der Waals surface area contributed by atoms with Gasteiger partial charge >= 0.3 is 0 Å². The maximum absolute atomic E-state index is 13.1. The normalized spacial score (nSPS) is 22.4. The number of Topliss-reactive ketones (excluding diaryl/α,β-unsaturated/α-hetero) is 1. The summed E-state index contributed by atoms with van der Waals surface area (Å²) in [7, 11) is 2.95. The lowest BCUT2D eigenvalue weighted by atomic mass is 9.94. The van der Waals surface area contributed by atoms with Gasteiger partial charge in [0.1, 0.15) is 11.5 Å². The van der Waals surface area contributed by atoms with Crippen LogP contribution in [0.15, 0.2) is 48.0 Å².